The zero-order chi connectivity index (χ0) is 11.5. The minimum atomic E-state index is -0.150. The molecule has 1 aromatic carbocycles. The van der Waals surface area contributed by atoms with E-state index in [0.717, 1.165) is 17.9 Å². The third-order valence-electron chi connectivity index (χ3n) is 2.51. The zero-order valence-electron chi connectivity index (χ0n) is 9.60. The van der Waals surface area contributed by atoms with Gasteiger partial charge in [-0.05, 0) is 19.4 Å². The Morgan fingerprint density at radius 1 is 1.31 bits per heavy atom. The van der Waals surface area contributed by atoms with E-state index in [0.29, 0.717) is 5.89 Å². The van der Waals surface area contributed by atoms with Gasteiger partial charge in [0.1, 0.15) is 5.76 Å². The van der Waals surface area contributed by atoms with Crippen molar-refractivity contribution in [2.75, 3.05) is 0 Å². The van der Waals surface area contributed by atoms with Crippen LogP contribution in [0.5, 0.6) is 0 Å². The van der Waals surface area contributed by atoms with Crippen LogP contribution in [0.4, 0.5) is 0 Å². The first kappa shape index (κ1) is 10.9. The van der Waals surface area contributed by atoms with Crippen molar-refractivity contribution in [3.8, 4) is 0 Å². The van der Waals surface area contributed by atoms with Crippen LogP contribution < -0.4 is 5.73 Å². The predicted molar refractivity (Wildman–Crippen MR) is 63.1 cm³/mol. The summed E-state index contributed by atoms with van der Waals surface area (Å²) in [7, 11) is 0. The summed E-state index contributed by atoms with van der Waals surface area (Å²) < 4.78 is 5.51. The quantitative estimate of drug-likeness (QED) is 0.858. The van der Waals surface area contributed by atoms with Crippen LogP contribution in [0.15, 0.2) is 34.7 Å². The summed E-state index contributed by atoms with van der Waals surface area (Å²) in [5, 5.41) is 0. The highest BCUT2D eigenvalue weighted by molar-refractivity contribution is 5.23. The van der Waals surface area contributed by atoms with Gasteiger partial charge < -0.3 is 10.2 Å². The van der Waals surface area contributed by atoms with Crippen molar-refractivity contribution in [2.24, 2.45) is 5.73 Å². The number of hydrogen-bond donors (Lipinski definition) is 1. The fraction of sp³-hybridized carbons (Fsp3) is 0.308. The molecular weight excluding hydrogens is 200 g/mol. The molecule has 2 N–H and O–H groups in total. The van der Waals surface area contributed by atoms with Crippen LogP contribution in [0.25, 0.3) is 0 Å². The van der Waals surface area contributed by atoms with Crippen LogP contribution in [0.2, 0.25) is 0 Å². The molecule has 2 rings (SSSR count). The van der Waals surface area contributed by atoms with Crippen molar-refractivity contribution in [1.29, 1.82) is 0 Å². The molecule has 0 aliphatic rings. The van der Waals surface area contributed by atoms with Gasteiger partial charge in [0, 0.05) is 6.42 Å². The fourth-order valence-corrected chi connectivity index (χ4v) is 1.60. The van der Waals surface area contributed by atoms with Gasteiger partial charge in [0.05, 0.1) is 11.7 Å². The van der Waals surface area contributed by atoms with Gasteiger partial charge >= 0.3 is 0 Å². The van der Waals surface area contributed by atoms with Gasteiger partial charge in [0.15, 0.2) is 0 Å². The number of rotatable bonds is 3. The Morgan fingerprint density at radius 2 is 2.00 bits per heavy atom. The molecule has 0 fully saturated rings. The Labute approximate surface area is 95.3 Å². The number of aryl methyl sites for hydroxylation is 1. The highest BCUT2D eigenvalue weighted by Gasteiger charge is 2.12. The van der Waals surface area contributed by atoms with E-state index >= 15 is 0 Å². The van der Waals surface area contributed by atoms with Crippen LogP contribution in [0.1, 0.15) is 35.9 Å². The van der Waals surface area contributed by atoms with Gasteiger partial charge in [0.2, 0.25) is 5.89 Å². The van der Waals surface area contributed by atoms with E-state index in [1.807, 2.05) is 32.0 Å². The fourth-order valence-electron chi connectivity index (χ4n) is 1.60. The number of benzene rings is 1. The lowest BCUT2D eigenvalue weighted by Gasteiger charge is -1.97. The van der Waals surface area contributed by atoms with Crippen molar-refractivity contribution < 1.29 is 4.42 Å². The van der Waals surface area contributed by atoms with Gasteiger partial charge in [-0.15, -0.1) is 0 Å². The lowest BCUT2D eigenvalue weighted by Crippen LogP contribution is -2.05. The van der Waals surface area contributed by atoms with Crippen LogP contribution in [-0.2, 0) is 6.42 Å². The maximum absolute atomic E-state index is 5.73. The maximum Gasteiger partial charge on any atom is 0.211 e. The molecule has 84 valence electrons. The van der Waals surface area contributed by atoms with E-state index in [-0.39, 0.29) is 6.04 Å². The second-order valence-electron chi connectivity index (χ2n) is 4.01. The Balaban J connectivity index is 2.22. The molecule has 2 aromatic rings. The van der Waals surface area contributed by atoms with Crippen molar-refractivity contribution in [3.63, 3.8) is 0 Å². The van der Waals surface area contributed by atoms with E-state index in [1.54, 1.807) is 0 Å². The van der Waals surface area contributed by atoms with Crippen molar-refractivity contribution in [2.45, 2.75) is 26.3 Å². The molecule has 0 saturated heterocycles. The average molecular weight is 216 g/mol. The molecule has 0 aliphatic heterocycles. The monoisotopic (exact) mass is 216 g/mol. The van der Waals surface area contributed by atoms with Crippen molar-refractivity contribution >= 4 is 0 Å². The molecular formula is C13H16N2O. The van der Waals surface area contributed by atoms with Crippen LogP contribution in [-0.4, -0.2) is 4.98 Å². The SMILES string of the molecule is Cc1oc(C(C)N)nc1Cc1ccccc1. The topological polar surface area (TPSA) is 52.0 Å². The van der Waals surface area contributed by atoms with Crippen LogP contribution >= 0.6 is 0 Å². The van der Waals surface area contributed by atoms with Gasteiger partial charge in [0.25, 0.3) is 0 Å². The summed E-state index contributed by atoms with van der Waals surface area (Å²) in [6.45, 7) is 3.80. The number of nitrogens with two attached hydrogens (primary N) is 1. The zero-order valence-corrected chi connectivity index (χ0v) is 9.60. The molecule has 0 aliphatic carbocycles. The molecule has 0 spiro atoms. The molecule has 1 unspecified atom stereocenters. The molecule has 16 heavy (non-hydrogen) atoms. The summed E-state index contributed by atoms with van der Waals surface area (Å²) >= 11 is 0. The van der Waals surface area contributed by atoms with Crippen LogP contribution in [0, 0.1) is 6.92 Å². The Kier molecular flexibility index (Phi) is 3.06. The third kappa shape index (κ3) is 2.31. The van der Waals surface area contributed by atoms with Gasteiger partial charge in [-0.3, -0.25) is 0 Å². The molecule has 0 saturated carbocycles. The summed E-state index contributed by atoms with van der Waals surface area (Å²) in [6.07, 6.45) is 0.795. The number of hydrogen-bond acceptors (Lipinski definition) is 3. The molecule has 1 atom stereocenters. The predicted octanol–water partition coefficient (Wildman–Crippen LogP) is 2.59. The smallest absolute Gasteiger partial charge is 0.211 e. The molecule has 0 bridgehead atoms. The highest BCUT2D eigenvalue weighted by atomic mass is 16.4. The molecule has 3 nitrogen and oxygen atoms in total. The standard InChI is InChI=1S/C13H16N2O/c1-9(14)13-15-12(10(2)16-13)8-11-6-4-3-5-7-11/h3-7,9H,8,14H2,1-2H3. The third-order valence-corrected chi connectivity index (χ3v) is 2.51. The highest BCUT2D eigenvalue weighted by Crippen LogP contribution is 2.17. The number of aromatic nitrogens is 1. The average Bonchev–Trinajstić information content (AvgIpc) is 2.62. The lowest BCUT2D eigenvalue weighted by atomic mass is 10.1. The second kappa shape index (κ2) is 4.49. The first-order chi connectivity index (χ1) is 7.66. The first-order valence-corrected chi connectivity index (χ1v) is 5.42. The van der Waals surface area contributed by atoms with Crippen molar-refractivity contribution in [1.82, 2.24) is 4.98 Å². The Hall–Kier alpha value is -1.61. The summed E-state index contributed by atoms with van der Waals surface area (Å²) in [4.78, 5) is 4.41. The van der Waals surface area contributed by atoms with Crippen LogP contribution in [0.3, 0.4) is 0 Å². The van der Waals surface area contributed by atoms with Gasteiger partial charge in [-0.1, -0.05) is 30.3 Å². The minimum absolute atomic E-state index is 0.150. The largest absolute Gasteiger partial charge is 0.444 e. The molecule has 0 radical (unpaired) electrons. The summed E-state index contributed by atoms with van der Waals surface area (Å²) in [5.41, 5.74) is 7.94. The second-order valence-corrected chi connectivity index (χ2v) is 4.01. The maximum atomic E-state index is 5.73. The summed E-state index contributed by atoms with van der Waals surface area (Å²) in [6, 6.07) is 10.1. The van der Waals surface area contributed by atoms with Gasteiger partial charge in [-0.25, -0.2) is 4.98 Å². The Bertz CT molecular complexity index is 460. The van der Waals surface area contributed by atoms with Crippen molar-refractivity contribution in [3.05, 3.63) is 53.2 Å². The number of oxazole rings is 1. The summed E-state index contributed by atoms with van der Waals surface area (Å²) in [5.74, 6) is 1.47. The first-order valence-electron chi connectivity index (χ1n) is 5.42. The number of nitrogens with zero attached hydrogens (tertiary/aromatic N) is 1. The normalized spacial score (nSPS) is 12.7. The molecule has 3 heteroatoms. The van der Waals surface area contributed by atoms with Gasteiger partial charge in [-0.2, -0.15) is 0 Å². The molecule has 1 heterocycles. The Morgan fingerprint density at radius 3 is 2.56 bits per heavy atom. The molecule has 1 aromatic heterocycles. The van der Waals surface area contributed by atoms with E-state index in [9.17, 15) is 0 Å². The van der Waals surface area contributed by atoms with E-state index in [2.05, 4.69) is 17.1 Å². The lowest BCUT2D eigenvalue weighted by molar-refractivity contribution is 0.443. The van der Waals surface area contributed by atoms with E-state index in [1.165, 1.54) is 5.56 Å². The van der Waals surface area contributed by atoms with E-state index < -0.39 is 0 Å². The molecule has 0 amide bonds. The minimum Gasteiger partial charge on any atom is -0.444 e. The van der Waals surface area contributed by atoms with E-state index in [4.69, 9.17) is 10.2 Å².